The second-order valence-electron chi connectivity index (χ2n) is 6.48. The van der Waals surface area contributed by atoms with Gasteiger partial charge in [0.05, 0.1) is 0 Å². The Morgan fingerprint density at radius 1 is 1.33 bits per heavy atom. The summed E-state index contributed by atoms with van der Waals surface area (Å²) < 4.78 is 0. The Balaban J connectivity index is 1.60. The van der Waals surface area contributed by atoms with E-state index in [0.29, 0.717) is 6.04 Å². The van der Waals surface area contributed by atoms with Crippen LogP contribution in [0.1, 0.15) is 18.4 Å². The van der Waals surface area contributed by atoms with Crippen molar-refractivity contribution in [3.63, 3.8) is 0 Å². The van der Waals surface area contributed by atoms with Crippen molar-refractivity contribution in [2.45, 2.75) is 25.4 Å². The first-order chi connectivity index (χ1) is 11.6. The predicted molar refractivity (Wildman–Crippen MR) is 99.7 cm³/mol. The van der Waals surface area contributed by atoms with Gasteiger partial charge in [-0.3, -0.25) is 4.90 Å². The minimum Gasteiger partial charge on any atom is -0.366 e. The van der Waals surface area contributed by atoms with E-state index in [1.807, 2.05) is 43.3 Å². The third-order valence-corrected chi connectivity index (χ3v) is 4.43. The molecule has 6 heteroatoms. The SMILES string of the molecule is CN(C)c1nccc(NC2CCCN(Cc3cccc(Cl)c3)C2)n1. The van der Waals surface area contributed by atoms with Crippen molar-refractivity contribution in [2.24, 2.45) is 0 Å². The van der Waals surface area contributed by atoms with Gasteiger partial charge in [0.15, 0.2) is 0 Å². The van der Waals surface area contributed by atoms with Crippen molar-refractivity contribution in [1.82, 2.24) is 14.9 Å². The molecule has 0 spiro atoms. The highest BCUT2D eigenvalue weighted by Crippen LogP contribution is 2.19. The average Bonchev–Trinajstić information content (AvgIpc) is 2.55. The van der Waals surface area contributed by atoms with E-state index in [-0.39, 0.29) is 0 Å². The number of nitrogens with one attached hydrogen (secondary N) is 1. The van der Waals surface area contributed by atoms with Crippen LogP contribution in [0.25, 0.3) is 0 Å². The Hall–Kier alpha value is -1.85. The molecule has 2 heterocycles. The van der Waals surface area contributed by atoms with E-state index in [2.05, 4.69) is 26.3 Å². The molecule has 0 amide bonds. The van der Waals surface area contributed by atoms with Gasteiger partial charge in [-0.15, -0.1) is 0 Å². The zero-order valence-corrected chi connectivity index (χ0v) is 15.0. The van der Waals surface area contributed by atoms with Gasteiger partial charge in [0.1, 0.15) is 5.82 Å². The summed E-state index contributed by atoms with van der Waals surface area (Å²) >= 11 is 6.09. The van der Waals surface area contributed by atoms with Crippen LogP contribution < -0.4 is 10.2 Å². The van der Waals surface area contributed by atoms with Gasteiger partial charge >= 0.3 is 0 Å². The van der Waals surface area contributed by atoms with Crippen LogP contribution in [0.2, 0.25) is 5.02 Å². The standard InChI is InChI=1S/C18H24ClN5/c1-23(2)18-20-9-8-17(22-18)21-16-7-4-10-24(13-16)12-14-5-3-6-15(19)11-14/h3,5-6,8-9,11,16H,4,7,10,12-13H2,1-2H3,(H,20,21,22). The number of piperidine rings is 1. The Morgan fingerprint density at radius 2 is 2.21 bits per heavy atom. The summed E-state index contributed by atoms with van der Waals surface area (Å²) in [4.78, 5) is 13.2. The van der Waals surface area contributed by atoms with E-state index in [1.54, 1.807) is 6.20 Å². The molecule has 128 valence electrons. The van der Waals surface area contributed by atoms with Crippen LogP contribution in [0.3, 0.4) is 0 Å². The summed E-state index contributed by atoms with van der Waals surface area (Å²) in [5.41, 5.74) is 1.26. The number of aromatic nitrogens is 2. The highest BCUT2D eigenvalue weighted by atomic mass is 35.5. The lowest BCUT2D eigenvalue weighted by molar-refractivity contribution is 0.208. The van der Waals surface area contributed by atoms with Crippen LogP contribution in [0, 0.1) is 0 Å². The van der Waals surface area contributed by atoms with Crippen molar-refractivity contribution in [3.05, 3.63) is 47.1 Å². The lowest BCUT2D eigenvalue weighted by atomic mass is 10.0. The highest BCUT2D eigenvalue weighted by Gasteiger charge is 2.20. The van der Waals surface area contributed by atoms with Gasteiger partial charge in [0.25, 0.3) is 0 Å². The van der Waals surface area contributed by atoms with Crippen molar-refractivity contribution in [1.29, 1.82) is 0 Å². The Morgan fingerprint density at radius 3 is 3.00 bits per heavy atom. The summed E-state index contributed by atoms with van der Waals surface area (Å²) in [6.45, 7) is 3.07. The maximum absolute atomic E-state index is 6.09. The molecule has 2 aromatic rings. The Bertz CT molecular complexity index is 676. The third-order valence-electron chi connectivity index (χ3n) is 4.20. The molecule has 1 unspecified atom stereocenters. The molecule has 0 aliphatic carbocycles. The van der Waals surface area contributed by atoms with Crippen LogP contribution in [-0.4, -0.2) is 48.1 Å². The molecule has 1 fully saturated rings. The topological polar surface area (TPSA) is 44.3 Å². The number of likely N-dealkylation sites (tertiary alicyclic amines) is 1. The van der Waals surface area contributed by atoms with Crippen LogP contribution in [-0.2, 0) is 6.54 Å². The Labute approximate surface area is 148 Å². The second-order valence-corrected chi connectivity index (χ2v) is 6.92. The Kier molecular flexibility index (Phi) is 5.53. The van der Waals surface area contributed by atoms with E-state index < -0.39 is 0 Å². The van der Waals surface area contributed by atoms with Crippen molar-refractivity contribution in [2.75, 3.05) is 37.4 Å². The van der Waals surface area contributed by atoms with E-state index in [1.165, 1.54) is 12.0 Å². The number of rotatable bonds is 5. The summed E-state index contributed by atoms with van der Waals surface area (Å²) in [5.74, 6) is 1.62. The van der Waals surface area contributed by atoms with Crippen molar-refractivity contribution < 1.29 is 0 Å². The fourth-order valence-corrected chi connectivity index (χ4v) is 3.28. The lowest BCUT2D eigenvalue weighted by Gasteiger charge is -2.33. The van der Waals surface area contributed by atoms with Gasteiger partial charge < -0.3 is 10.2 Å². The maximum atomic E-state index is 6.09. The quantitative estimate of drug-likeness (QED) is 0.901. The fourth-order valence-electron chi connectivity index (χ4n) is 3.06. The zero-order chi connectivity index (χ0) is 16.9. The molecule has 1 aliphatic heterocycles. The molecular formula is C18H24ClN5. The molecular weight excluding hydrogens is 322 g/mol. The molecule has 5 nitrogen and oxygen atoms in total. The van der Waals surface area contributed by atoms with Crippen LogP contribution >= 0.6 is 11.6 Å². The minimum absolute atomic E-state index is 0.405. The molecule has 0 saturated carbocycles. The number of nitrogens with zero attached hydrogens (tertiary/aromatic N) is 4. The summed E-state index contributed by atoms with van der Waals surface area (Å²) in [6, 6.07) is 10.5. The lowest BCUT2D eigenvalue weighted by Crippen LogP contribution is -2.41. The van der Waals surface area contributed by atoms with Gasteiger partial charge in [-0.1, -0.05) is 23.7 Å². The smallest absolute Gasteiger partial charge is 0.226 e. The molecule has 1 atom stereocenters. The van der Waals surface area contributed by atoms with Crippen LogP contribution in [0.4, 0.5) is 11.8 Å². The van der Waals surface area contributed by atoms with Gasteiger partial charge in [-0.25, -0.2) is 4.98 Å². The second kappa shape index (κ2) is 7.81. The first-order valence-electron chi connectivity index (χ1n) is 8.34. The molecule has 3 rings (SSSR count). The predicted octanol–water partition coefficient (Wildman–Crippen LogP) is 3.27. The third kappa shape index (κ3) is 4.58. The van der Waals surface area contributed by atoms with Gasteiger partial charge in [0.2, 0.25) is 5.95 Å². The molecule has 1 aliphatic rings. The first-order valence-corrected chi connectivity index (χ1v) is 8.71. The summed E-state index contributed by atoms with van der Waals surface area (Å²) in [6.07, 6.45) is 4.15. The molecule has 24 heavy (non-hydrogen) atoms. The number of halogens is 1. The summed E-state index contributed by atoms with van der Waals surface area (Å²) in [5, 5.41) is 4.36. The maximum Gasteiger partial charge on any atom is 0.226 e. The highest BCUT2D eigenvalue weighted by molar-refractivity contribution is 6.30. The van der Waals surface area contributed by atoms with Gasteiger partial charge in [-0.2, -0.15) is 4.98 Å². The van der Waals surface area contributed by atoms with Crippen LogP contribution in [0.15, 0.2) is 36.5 Å². The van der Waals surface area contributed by atoms with E-state index in [9.17, 15) is 0 Å². The molecule has 1 aromatic heterocycles. The summed E-state index contributed by atoms with van der Waals surface area (Å²) in [7, 11) is 3.90. The van der Waals surface area contributed by atoms with Gasteiger partial charge in [0, 0.05) is 44.4 Å². The number of anilines is 2. The first kappa shape index (κ1) is 17.0. The zero-order valence-electron chi connectivity index (χ0n) is 14.2. The largest absolute Gasteiger partial charge is 0.366 e. The number of hydrogen-bond donors (Lipinski definition) is 1. The molecule has 1 saturated heterocycles. The monoisotopic (exact) mass is 345 g/mol. The normalized spacial score (nSPS) is 18.4. The van der Waals surface area contributed by atoms with E-state index in [0.717, 1.165) is 42.8 Å². The average molecular weight is 346 g/mol. The number of hydrogen-bond acceptors (Lipinski definition) is 5. The van der Waals surface area contributed by atoms with Crippen LogP contribution in [0.5, 0.6) is 0 Å². The van der Waals surface area contributed by atoms with E-state index in [4.69, 9.17) is 11.6 Å². The van der Waals surface area contributed by atoms with E-state index >= 15 is 0 Å². The van der Waals surface area contributed by atoms with Gasteiger partial charge in [-0.05, 0) is 43.1 Å². The fraction of sp³-hybridized carbons (Fsp3) is 0.444. The molecule has 1 N–H and O–H groups in total. The molecule has 1 aromatic carbocycles. The van der Waals surface area contributed by atoms with Crippen molar-refractivity contribution >= 4 is 23.4 Å². The minimum atomic E-state index is 0.405. The molecule has 0 radical (unpaired) electrons. The van der Waals surface area contributed by atoms with Crippen molar-refractivity contribution in [3.8, 4) is 0 Å². The number of benzene rings is 1. The molecule has 0 bridgehead atoms.